The summed E-state index contributed by atoms with van der Waals surface area (Å²) < 4.78 is 4.68. The second-order valence-corrected chi connectivity index (χ2v) is 10.9. The number of hydrogen-bond donors (Lipinski definition) is 1. The summed E-state index contributed by atoms with van der Waals surface area (Å²) in [5.74, 6) is -0.0550. The molecule has 1 atom stereocenters. The Balaban J connectivity index is 1.13. The average Bonchev–Trinajstić information content (AvgIpc) is 3.79. The smallest absolute Gasteiger partial charge is 0.254 e. The topological polar surface area (TPSA) is 97.5 Å². The quantitative estimate of drug-likeness (QED) is 0.272. The summed E-state index contributed by atoms with van der Waals surface area (Å²) in [6.07, 6.45) is 8.11. The number of fused-ring (bicyclic) bond motifs is 1. The van der Waals surface area contributed by atoms with Gasteiger partial charge in [-0.3, -0.25) is 4.79 Å². The SMILES string of the molecule is O=C(c1cccc(-n2cc(Cn3cnc(-c4ccccc4)c3)nn2)c1)N1CCc2[nH]cnc2C1c1ccc(Br)cc1. The van der Waals surface area contributed by atoms with Crippen LogP contribution in [-0.4, -0.2) is 51.9 Å². The van der Waals surface area contributed by atoms with Gasteiger partial charge in [0.2, 0.25) is 0 Å². The first-order chi connectivity index (χ1) is 20.1. The molecule has 0 fully saturated rings. The fourth-order valence-electron chi connectivity index (χ4n) is 5.31. The number of imidazole rings is 2. The van der Waals surface area contributed by atoms with E-state index in [1.54, 1.807) is 17.3 Å². The Labute approximate surface area is 244 Å². The Morgan fingerprint density at radius 3 is 2.68 bits per heavy atom. The molecule has 3 aromatic heterocycles. The molecular formula is C31H25BrN8O. The molecule has 0 saturated carbocycles. The van der Waals surface area contributed by atoms with E-state index in [1.165, 1.54) is 0 Å². The highest BCUT2D eigenvalue weighted by atomic mass is 79.9. The zero-order valence-corrected chi connectivity index (χ0v) is 23.5. The number of halogens is 1. The lowest BCUT2D eigenvalue weighted by atomic mass is 9.95. The van der Waals surface area contributed by atoms with Crippen molar-refractivity contribution in [1.29, 1.82) is 0 Å². The first-order valence-corrected chi connectivity index (χ1v) is 14.1. The summed E-state index contributed by atoms with van der Waals surface area (Å²) in [6, 6.07) is 25.4. The molecule has 1 aliphatic heterocycles. The van der Waals surface area contributed by atoms with Crippen LogP contribution in [0, 0.1) is 0 Å². The highest BCUT2D eigenvalue weighted by Gasteiger charge is 2.34. The number of carbonyl (C=O) groups excluding carboxylic acids is 1. The minimum Gasteiger partial charge on any atom is -0.348 e. The molecule has 0 saturated heterocycles. The molecule has 3 aromatic carbocycles. The Kier molecular flexibility index (Phi) is 6.52. The minimum absolute atomic E-state index is 0.0550. The number of aromatic amines is 1. The molecule has 1 unspecified atom stereocenters. The summed E-state index contributed by atoms with van der Waals surface area (Å²) >= 11 is 3.52. The molecule has 7 rings (SSSR count). The number of rotatable bonds is 6. The first kappa shape index (κ1) is 25.2. The van der Waals surface area contributed by atoms with Gasteiger partial charge in [-0.1, -0.05) is 69.7 Å². The lowest BCUT2D eigenvalue weighted by Crippen LogP contribution is -2.40. The molecule has 0 aliphatic carbocycles. The molecule has 0 radical (unpaired) electrons. The van der Waals surface area contributed by atoms with Crippen molar-refractivity contribution in [3.8, 4) is 16.9 Å². The Morgan fingerprint density at radius 1 is 0.976 bits per heavy atom. The number of amides is 1. The Hall–Kier alpha value is -4.83. The monoisotopic (exact) mass is 604 g/mol. The third-order valence-corrected chi connectivity index (χ3v) is 7.85. The molecule has 10 heteroatoms. The maximum atomic E-state index is 14.0. The van der Waals surface area contributed by atoms with Crippen LogP contribution in [-0.2, 0) is 13.0 Å². The molecule has 41 heavy (non-hydrogen) atoms. The molecule has 0 bridgehead atoms. The Morgan fingerprint density at radius 2 is 1.83 bits per heavy atom. The second kappa shape index (κ2) is 10.6. The van der Waals surface area contributed by atoms with Crippen molar-refractivity contribution in [1.82, 2.24) is 39.4 Å². The number of hydrogen-bond acceptors (Lipinski definition) is 5. The van der Waals surface area contributed by atoms with Gasteiger partial charge in [0.15, 0.2) is 0 Å². The second-order valence-electron chi connectivity index (χ2n) is 9.97. The van der Waals surface area contributed by atoms with Crippen LogP contribution < -0.4 is 0 Å². The highest BCUT2D eigenvalue weighted by molar-refractivity contribution is 9.10. The van der Waals surface area contributed by atoms with E-state index >= 15 is 0 Å². The van der Waals surface area contributed by atoms with E-state index in [-0.39, 0.29) is 11.9 Å². The minimum atomic E-state index is -0.275. The Bertz CT molecular complexity index is 1820. The zero-order valence-electron chi connectivity index (χ0n) is 21.9. The van der Waals surface area contributed by atoms with Crippen molar-refractivity contribution in [2.75, 3.05) is 6.54 Å². The van der Waals surface area contributed by atoms with Gasteiger partial charge in [0, 0.05) is 40.5 Å². The van der Waals surface area contributed by atoms with Crippen molar-refractivity contribution < 1.29 is 4.79 Å². The van der Waals surface area contributed by atoms with Gasteiger partial charge in [-0.05, 0) is 35.9 Å². The van der Waals surface area contributed by atoms with Gasteiger partial charge in [-0.2, -0.15) is 0 Å². The predicted molar refractivity (Wildman–Crippen MR) is 157 cm³/mol. The van der Waals surface area contributed by atoms with Gasteiger partial charge in [0.1, 0.15) is 11.7 Å². The summed E-state index contributed by atoms with van der Waals surface area (Å²) in [4.78, 5) is 28.2. The van der Waals surface area contributed by atoms with Crippen molar-refractivity contribution in [2.24, 2.45) is 0 Å². The molecule has 1 aliphatic rings. The lowest BCUT2D eigenvalue weighted by molar-refractivity contribution is 0.0690. The molecule has 0 spiro atoms. The van der Waals surface area contributed by atoms with Crippen LogP contribution >= 0.6 is 15.9 Å². The van der Waals surface area contributed by atoms with E-state index in [9.17, 15) is 4.79 Å². The molecule has 6 aromatic rings. The third kappa shape index (κ3) is 4.98. The van der Waals surface area contributed by atoms with Gasteiger partial charge in [-0.15, -0.1) is 5.10 Å². The van der Waals surface area contributed by atoms with Crippen LogP contribution in [0.5, 0.6) is 0 Å². The van der Waals surface area contributed by atoms with Crippen molar-refractivity contribution in [2.45, 2.75) is 19.0 Å². The summed E-state index contributed by atoms with van der Waals surface area (Å²) in [5, 5.41) is 8.71. The molecular weight excluding hydrogens is 580 g/mol. The van der Waals surface area contributed by atoms with Gasteiger partial charge in [-0.25, -0.2) is 14.6 Å². The molecule has 9 nitrogen and oxygen atoms in total. The van der Waals surface area contributed by atoms with Crippen molar-refractivity contribution in [3.05, 3.63) is 137 Å². The number of carbonyl (C=O) groups is 1. The number of H-pyrrole nitrogens is 1. The summed E-state index contributed by atoms with van der Waals surface area (Å²) in [7, 11) is 0. The molecule has 1 amide bonds. The molecule has 4 heterocycles. The van der Waals surface area contributed by atoms with Crippen LogP contribution in [0.1, 0.15) is 39.0 Å². The number of benzene rings is 3. The van der Waals surface area contributed by atoms with Gasteiger partial charge in [0.05, 0.1) is 42.5 Å². The third-order valence-electron chi connectivity index (χ3n) is 7.32. The van der Waals surface area contributed by atoms with E-state index in [0.29, 0.717) is 18.7 Å². The number of aromatic nitrogens is 7. The normalized spacial score (nSPS) is 14.7. The first-order valence-electron chi connectivity index (χ1n) is 13.3. The van der Waals surface area contributed by atoms with Crippen LogP contribution in [0.15, 0.2) is 108 Å². The van der Waals surface area contributed by atoms with Crippen LogP contribution in [0.2, 0.25) is 0 Å². The molecule has 1 N–H and O–H groups in total. The van der Waals surface area contributed by atoms with Crippen molar-refractivity contribution >= 4 is 21.8 Å². The highest BCUT2D eigenvalue weighted by Crippen LogP contribution is 2.35. The van der Waals surface area contributed by atoms with E-state index in [4.69, 9.17) is 0 Å². The average molecular weight is 606 g/mol. The zero-order chi connectivity index (χ0) is 27.8. The van der Waals surface area contributed by atoms with E-state index < -0.39 is 0 Å². The van der Waals surface area contributed by atoms with Crippen LogP contribution in [0.3, 0.4) is 0 Å². The van der Waals surface area contributed by atoms with E-state index in [2.05, 4.69) is 41.2 Å². The largest absolute Gasteiger partial charge is 0.348 e. The van der Waals surface area contributed by atoms with Crippen LogP contribution in [0.4, 0.5) is 0 Å². The summed E-state index contributed by atoms with van der Waals surface area (Å²) in [5.41, 5.74) is 7.09. The van der Waals surface area contributed by atoms with Gasteiger partial charge in [0.25, 0.3) is 5.91 Å². The predicted octanol–water partition coefficient (Wildman–Crippen LogP) is 5.45. The fourth-order valence-corrected chi connectivity index (χ4v) is 5.58. The standard InChI is InChI=1S/C31H25BrN8O/c32-24-11-9-22(10-12-24)30-29-27(33-19-34-29)13-14-39(30)31(41)23-7-4-8-26(15-23)40-17-25(36-37-40)16-38-18-28(35-20-38)21-5-2-1-3-6-21/h1-12,15,17-20,30H,13-14,16H2,(H,33,34). The molecule has 202 valence electrons. The van der Waals surface area contributed by atoms with Gasteiger partial charge < -0.3 is 14.5 Å². The fraction of sp³-hybridized carbons (Fsp3) is 0.129. The number of nitrogens with zero attached hydrogens (tertiary/aromatic N) is 7. The van der Waals surface area contributed by atoms with E-state index in [1.807, 2.05) is 101 Å². The summed E-state index contributed by atoms with van der Waals surface area (Å²) in [6.45, 7) is 1.12. The lowest BCUT2D eigenvalue weighted by Gasteiger charge is -2.35. The number of nitrogens with one attached hydrogen (secondary N) is 1. The maximum Gasteiger partial charge on any atom is 0.254 e. The van der Waals surface area contributed by atoms with Gasteiger partial charge >= 0.3 is 0 Å². The van der Waals surface area contributed by atoms with Crippen LogP contribution in [0.25, 0.3) is 16.9 Å². The van der Waals surface area contributed by atoms with E-state index in [0.717, 1.165) is 50.5 Å². The maximum absolute atomic E-state index is 14.0. The van der Waals surface area contributed by atoms with Crippen molar-refractivity contribution in [3.63, 3.8) is 0 Å².